The van der Waals surface area contributed by atoms with Crippen molar-refractivity contribution in [2.45, 2.75) is 32.7 Å². The summed E-state index contributed by atoms with van der Waals surface area (Å²) in [5, 5.41) is 3.45. The van der Waals surface area contributed by atoms with Gasteiger partial charge < -0.3 is 15.1 Å². The molecule has 1 heterocycles. The molecular formula is C21H31ClN4O3. The Labute approximate surface area is 178 Å². The Morgan fingerprint density at radius 2 is 1.72 bits per heavy atom. The van der Waals surface area contributed by atoms with Crippen molar-refractivity contribution < 1.29 is 14.4 Å². The van der Waals surface area contributed by atoms with E-state index in [9.17, 15) is 14.4 Å². The molecule has 160 valence electrons. The fourth-order valence-corrected chi connectivity index (χ4v) is 3.35. The molecule has 1 N–H and O–H groups in total. The monoisotopic (exact) mass is 422 g/mol. The number of amides is 3. The van der Waals surface area contributed by atoms with Gasteiger partial charge in [0, 0.05) is 43.8 Å². The van der Waals surface area contributed by atoms with E-state index in [4.69, 9.17) is 11.6 Å². The standard InChI is InChI=1S/C21H31ClN4O3/c1-21(2,3)23-18(27)14-24(4)20(29)15-25-9-11-26(12-10-25)19(28)13-16-7-5-6-8-17(16)22/h5-8H,9-15H2,1-4H3,(H,23,27). The third-order valence-corrected chi connectivity index (χ3v) is 5.07. The largest absolute Gasteiger partial charge is 0.350 e. The molecule has 1 aliphatic rings. The number of nitrogens with zero attached hydrogens (tertiary/aromatic N) is 3. The summed E-state index contributed by atoms with van der Waals surface area (Å²) < 4.78 is 0. The molecule has 1 fully saturated rings. The van der Waals surface area contributed by atoms with E-state index in [0.717, 1.165) is 5.56 Å². The highest BCUT2D eigenvalue weighted by Gasteiger charge is 2.24. The molecule has 0 bridgehead atoms. The molecule has 3 amide bonds. The summed E-state index contributed by atoms with van der Waals surface area (Å²) in [4.78, 5) is 42.2. The Balaban J connectivity index is 1.76. The van der Waals surface area contributed by atoms with Gasteiger partial charge in [0.1, 0.15) is 0 Å². The lowest BCUT2D eigenvalue weighted by Crippen LogP contribution is -2.52. The molecule has 0 saturated carbocycles. The molecular weight excluding hydrogens is 392 g/mol. The Kier molecular flexibility index (Phi) is 8.05. The van der Waals surface area contributed by atoms with E-state index < -0.39 is 0 Å². The molecule has 0 aliphatic carbocycles. The van der Waals surface area contributed by atoms with Gasteiger partial charge in [-0.1, -0.05) is 29.8 Å². The lowest BCUT2D eigenvalue weighted by atomic mass is 10.1. The van der Waals surface area contributed by atoms with Gasteiger partial charge in [0.15, 0.2) is 0 Å². The summed E-state index contributed by atoms with van der Waals surface area (Å²) in [6.45, 7) is 8.38. The van der Waals surface area contributed by atoms with Crippen molar-refractivity contribution in [3.63, 3.8) is 0 Å². The van der Waals surface area contributed by atoms with Crippen molar-refractivity contribution in [2.75, 3.05) is 46.3 Å². The Morgan fingerprint density at radius 1 is 1.10 bits per heavy atom. The van der Waals surface area contributed by atoms with Crippen LogP contribution in [0.15, 0.2) is 24.3 Å². The van der Waals surface area contributed by atoms with Crippen LogP contribution in [-0.2, 0) is 20.8 Å². The van der Waals surface area contributed by atoms with Crippen molar-refractivity contribution in [3.8, 4) is 0 Å². The van der Waals surface area contributed by atoms with Crippen LogP contribution in [0.2, 0.25) is 5.02 Å². The number of hydrogen-bond donors (Lipinski definition) is 1. The minimum atomic E-state index is -0.326. The van der Waals surface area contributed by atoms with Crippen molar-refractivity contribution in [3.05, 3.63) is 34.9 Å². The molecule has 0 radical (unpaired) electrons. The van der Waals surface area contributed by atoms with Gasteiger partial charge in [-0.3, -0.25) is 19.3 Å². The molecule has 2 rings (SSSR count). The quantitative estimate of drug-likeness (QED) is 0.752. The van der Waals surface area contributed by atoms with Gasteiger partial charge >= 0.3 is 0 Å². The number of rotatable bonds is 6. The predicted octanol–water partition coefficient (Wildman–Crippen LogP) is 1.40. The molecule has 1 saturated heterocycles. The number of piperazine rings is 1. The number of halogens is 1. The molecule has 7 nitrogen and oxygen atoms in total. The maximum Gasteiger partial charge on any atom is 0.240 e. The highest BCUT2D eigenvalue weighted by molar-refractivity contribution is 6.31. The second-order valence-corrected chi connectivity index (χ2v) is 8.88. The number of carbonyl (C=O) groups is 3. The first-order chi connectivity index (χ1) is 13.5. The molecule has 1 aromatic carbocycles. The highest BCUT2D eigenvalue weighted by Crippen LogP contribution is 2.16. The normalized spacial score (nSPS) is 15.1. The fourth-order valence-electron chi connectivity index (χ4n) is 3.15. The van der Waals surface area contributed by atoms with E-state index in [0.29, 0.717) is 31.2 Å². The van der Waals surface area contributed by atoms with E-state index in [-0.39, 0.29) is 42.8 Å². The molecule has 1 aliphatic heterocycles. The van der Waals surface area contributed by atoms with Crippen LogP contribution < -0.4 is 5.32 Å². The van der Waals surface area contributed by atoms with Crippen LogP contribution in [0.5, 0.6) is 0 Å². The van der Waals surface area contributed by atoms with Crippen LogP contribution in [0.4, 0.5) is 0 Å². The first-order valence-electron chi connectivity index (χ1n) is 9.83. The predicted molar refractivity (Wildman–Crippen MR) is 114 cm³/mol. The Morgan fingerprint density at radius 3 is 2.31 bits per heavy atom. The average molecular weight is 423 g/mol. The van der Waals surface area contributed by atoms with Crippen molar-refractivity contribution in [2.24, 2.45) is 0 Å². The zero-order chi connectivity index (χ0) is 21.6. The van der Waals surface area contributed by atoms with Gasteiger partial charge in [-0.2, -0.15) is 0 Å². The van der Waals surface area contributed by atoms with E-state index in [1.807, 2.05) is 48.8 Å². The van der Waals surface area contributed by atoms with Crippen molar-refractivity contribution in [1.29, 1.82) is 0 Å². The van der Waals surface area contributed by atoms with Crippen LogP contribution in [0.25, 0.3) is 0 Å². The number of benzene rings is 1. The van der Waals surface area contributed by atoms with Crippen molar-refractivity contribution >= 4 is 29.3 Å². The first-order valence-corrected chi connectivity index (χ1v) is 10.2. The Bertz CT molecular complexity index is 740. The van der Waals surface area contributed by atoms with Gasteiger partial charge in [0.25, 0.3) is 0 Å². The topological polar surface area (TPSA) is 73.0 Å². The van der Waals surface area contributed by atoms with Crippen LogP contribution in [-0.4, -0.2) is 84.3 Å². The van der Waals surface area contributed by atoms with Gasteiger partial charge in [0.2, 0.25) is 17.7 Å². The lowest BCUT2D eigenvalue weighted by molar-refractivity contribution is -0.137. The number of hydrogen-bond acceptors (Lipinski definition) is 4. The SMILES string of the molecule is CN(CC(=O)NC(C)(C)C)C(=O)CN1CCN(C(=O)Cc2ccccc2Cl)CC1. The summed E-state index contributed by atoms with van der Waals surface area (Å²) >= 11 is 6.14. The zero-order valence-electron chi connectivity index (χ0n) is 17.7. The lowest BCUT2D eigenvalue weighted by Gasteiger charge is -2.35. The summed E-state index contributed by atoms with van der Waals surface area (Å²) in [5.74, 6) is -0.242. The smallest absolute Gasteiger partial charge is 0.240 e. The van der Waals surface area contributed by atoms with Crippen LogP contribution >= 0.6 is 11.6 Å². The molecule has 29 heavy (non-hydrogen) atoms. The fraction of sp³-hybridized carbons (Fsp3) is 0.571. The van der Waals surface area contributed by atoms with Crippen LogP contribution in [0, 0.1) is 0 Å². The molecule has 0 unspecified atom stereocenters. The van der Waals surface area contributed by atoms with E-state index in [1.54, 1.807) is 13.1 Å². The summed E-state index contributed by atoms with van der Waals surface area (Å²) in [6, 6.07) is 7.36. The molecule has 0 atom stereocenters. The van der Waals surface area contributed by atoms with Gasteiger partial charge in [-0.05, 0) is 32.4 Å². The minimum absolute atomic E-state index is 0.0341. The summed E-state index contributed by atoms with van der Waals surface area (Å²) in [5.41, 5.74) is 0.500. The number of carbonyl (C=O) groups excluding carboxylic acids is 3. The third kappa shape index (κ3) is 7.66. The zero-order valence-corrected chi connectivity index (χ0v) is 18.5. The maximum absolute atomic E-state index is 12.5. The van der Waals surface area contributed by atoms with Crippen molar-refractivity contribution in [1.82, 2.24) is 20.0 Å². The van der Waals surface area contributed by atoms with Gasteiger partial charge in [-0.15, -0.1) is 0 Å². The van der Waals surface area contributed by atoms with E-state index >= 15 is 0 Å². The molecule has 0 aromatic heterocycles. The number of nitrogens with one attached hydrogen (secondary N) is 1. The maximum atomic E-state index is 12.5. The second-order valence-electron chi connectivity index (χ2n) is 8.47. The number of likely N-dealkylation sites (N-methyl/N-ethyl adjacent to an activating group) is 1. The van der Waals surface area contributed by atoms with E-state index in [2.05, 4.69) is 5.32 Å². The van der Waals surface area contributed by atoms with E-state index in [1.165, 1.54) is 4.90 Å². The summed E-state index contributed by atoms with van der Waals surface area (Å²) in [7, 11) is 1.63. The van der Waals surface area contributed by atoms with Gasteiger partial charge in [0.05, 0.1) is 19.5 Å². The van der Waals surface area contributed by atoms with Crippen LogP contribution in [0.3, 0.4) is 0 Å². The van der Waals surface area contributed by atoms with Gasteiger partial charge in [-0.25, -0.2) is 0 Å². The average Bonchev–Trinajstić information content (AvgIpc) is 2.62. The minimum Gasteiger partial charge on any atom is -0.350 e. The second kappa shape index (κ2) is 10.1. The molecule has 0 spiro atoms. The van der Waals surface area contributed by atoms with Crippen LogP contribution in [0.1, 0.15) is 26.3 Å². The Hall–Kier alpha value is -2.12. The summed E-state index contributed by atoms with van der Waals surface area (Å²) in [6.07, 6.45) is 0.282. The third-order valence-electron chi connectivity index (χ3n) is 4.70. The first kappa shape index (κ1) is 23.2. The molecule has 1 aromatic rings. The highest BCUT2D eigenvalue weighted by atomic mass is 35.5. The molecule has 8 heteroatoms.